The molecule has 4 nitrogen and oxygen atoms in total. The normalized spacial score (nSPS) is 11.3. The average Bonchev–Trinajstić information content (AvgIpc) is 2.61. The summed E-state index contributed by atoms with van der Waals surface area (Å²) in [6.07, 6.45) is 0.152. The largest absolute Gasteiger partial charge is 0.477 e. The van der Waals surface area contributed by atoms with Crippen LogP contribution >= 0.6 is 0 Å². The van der Waals surface area contributed by atoms with Gasteiger partial charge in [0.05, 0.1) is 5.56 Å². The van der Waals surface area contributed by atoms with Crippen molar-refractivity contribution in [1.29, 1.82) is 0 Å². The lowest BCUT2D eigenvalue weighted by Crippen LogP contribution is -2.27. The van der Waals surface area contributed by atoms with E-state index in [1.165, 1.54) is 24.3 Å². The molecule has 0 heterocycles. The highest BCUT2D eigenvalue weighted by molar-refractivity contribution is 6.02. The molecule has 0 unspecified atom stereocenters. The highest BCUT2D eigenvalue weighted by Gasteiger charge is 2.26. The van der Waals surface area contributed by atoms with Crippen LogP contribution in [-0.4, -0.2) is 17.0 Å². The zero-order valence-electron chi connectivity index (χ0n) is 12.1. The molecule has 0 aliphatic heterocycles. The third kappa shape index (κ3) is 3.65. The minimum atomic E-state index is -2.38. The summed E-state index contributed by atoms with van der Waals surface area (Å²) in [4.78, 5) is 23.0. The zero-order chi connectivity index (χ0) is 18.7. The molecular weight excluding hydrogens is 349 g/mol. The van der Waals surface area contributed by atoms with Crippen LogP contribution in [0.3, 0.4) is 0 Å². The van der Waals surface area contributed by atoms with E-state index in [-0.39, 0.29) is 11.6 Å². The van der Waals surface area contributed by atoms with Gasteiger partial charge in [-0.3, -0.25) is 4.79 Å². The van der Waals surface area contributed by atoms with Crippen molar-refractivity contribution < 1.29 is 36.6 Å². The molecule has 0 spiro atoms. The molecule has 130 valence electrons. The zero-order valence-corrected chi connectivity index (χ0v) is 12.1. The van der Waals surface area contributed by atoms with E-state index in [9.17, 15) is 31.5 Å². The number of benzene rings is 2. The maximum absolute atomic E-state index is 13.6. The fourth-order valence-corrected chi connectivity index (χ4v) is 1.83. The second-order valence-corrected chi connectivity index (χ2v) is 4.67. The third-order valence-corrected chi connectivity index (χ3v) is 3.05. The van der Waals surface area contributed by atoms with Crippen molar-refractivity contribution in [2.45, 2.75) is 0 Å². The number of amides is 1. The van der Waals surface area contributed by atoms with Crippen molar-refractivity contribution in [3.05, 3.63) is 76.2 Å². The number of hydrogen-bond donors (Lipinski definition) is 2. The first kappa shape index (κ1) is 18.1. The molecular formula is C16H8F5NO3. The molecule has 0 atom stereocenters. The van der Waals surface area contributed by atoms with E-state index in [4.69, 9.17) is 5.11 Å². The lowest BCUT2D eigenvalue weighted by Gasteiger charge is -2.08. The average molecular weight is 357 g/mol. The summed E-state index contributed by atoms with van der Waals surface area (Å²) in [5.41, 5.74) is -2.54. The second kappa shape index (κ2) is 7.12. The fourth-order valence-electron chi connectivity index (χ4n) is 1.83. The molecule has 25 heavy (non-hydrogen) atoms. The van der Waals surface area contributed by atoms with Crippen LogP contribution in [0.4, 0.5) is 22.0 Å². The standard InChI is InChI=1S/C16H8F5NO3/c17-10-8(11(18)13(20)14(21)12(10)19)6-9(16(24)25)22-15(23)7-4-2-1-3-5-7/h1-6H,(H,22,23)(H,24,25)/b9-6+. The Bertz CT molecular complexity index is 852. The molecule has 0 bridgehead atoms. The van der Waals surface area contributed by atoms with E-state index in [0.29, 0.717) is 0 Å². The molecule has 2 N–H and O–H groups in total. The summed E-state index contributed by atoms with van der Waals surface area (Å²) in [7, 11) is 0. The molecule has 0 aliphatic rings. The number of carbonyl (C=O) groups is 2. The van der Waals surface area contributed by atoms with E-state index < -0.39 is 52.2 Å². The summed E-state index contributed by atoms with van der Waals surface area (Å²) >= 11 is 0. The summed E-state index contributed by atoms with van der Waals surface area (Å²) in [5.74, 6) is -14.1. The van der Waals surface area contributed by atoms with Crippen molar-refractivity contribution in [2.24, 2.45) is 0 Å². The molecule has 1 amide bonds. The minimum absolute atomic E-state index is 0.0204. The quantitative estimate of drug-likeness (QED) is 0.382. The Balaban J connectivity index is 2.49. The van der Waals surface area contributed by atoms with Gasteiger partial charge in [0, 0.05) is 5.56 Å². The van der Waals surface area contributed by atoms with Gasteiger partial charge in [-0.25, -0.2) is 26.7 Å². The van der Waals surface area contributed by atoms with Crippen LogP contribution in [-0.2, 0) is 4.79 Å². The van der Waals surface area contributed by atoms with Crippen LogP contribution in [0, 0.1) is 29.1 Å². The summed E-state index contributed by atoms with van der Waals surface area (Å²) in [5, 5.41) is 10.9. The Hall–Kier alpha value is -3.23. The Kier molecular flexibility index (Phi) is 5.16. The molecule has 0 radical (unpaired) electrons. The molecule has 0 saturated heterocycles. The van der Waals surface area contributed by atoms with Crippen LogP contribution < -0.4 is 5.32 Å². The lowest BCUT2D eigenvalue weighted by atomic mass is 10.1. The number of rotatable bonds is 4. The Morgan fingerprint density at radius 3 is 1.80 bits per heavy atom. The highest BCUT2D eigenvalue weighted by Crippen LogP contribution is 2.24. The number of carboxylic acids is 1. The predicted molar refractivity (Wildman–Crippen MR) is 75.8 cm³/mol. The number of carbonyl (C=O) groups excluding carboxylic acids is 1. The monoisotopic (exact) mass is 357 g/mol. The fraction of sp³-hybridized carbons (Fsp3) is 0. The molecule has 0 aromatic heterocycles. The van der Waals surface area contributed by atoms with Crippen molar-refractivity contribution in [1.82, 2.24) is 5.32 Å². The third-order valence-electron chi connectivity index (χ3n) is 3.05. The van der Waals surface area contributed by atoms with Crippen molar-refractivity contribution in [2.75, 3.05) is 0 Å². The van der Waals surface area contributed by atoms with Crippen LogP contribution in [0.5, 0.6) is 0 Å². The van der Waals surface area contributed by atoms with E-state index in [2.05, 4.69) is 0 Å². The maximum Gasteiger partial charge on any atom is 0.352 e. The molecule has 9 heteroatoms. The van der Waals surface area contributed by atoms with Crippen molar-refractivity contribution in [3.8, 4) is 0 Å². The summed E-state index contributed by atoms with van der Waals surface area (Å²) in [6.45, 7) is 0. The van der Waals surface area contributed by atoms with Gasteiger partial charge in [-0.1, -0.05) is 18.2 Å². The molecule has 0 aliphatic carbocycles. The summed E-state index contributed by atoms with van der Waals surface area (Å²) in [6, 6.07) is 7.19. The van der Waals surface area contributed by atoms with Crippen molar-refractivity contribution >= 4 is 18.0 Å². The Labute approximate surface area is 137 Å². The van der Waals surface area contributed by atoms with Gasteiger partial charge in [-0.05, 0) is 18.2 Å². The van der Waals surface area contributed by atoms with Gasteiger partial charge in [0.25, 0.3) is 5.91 Å². The SMILES string of the molecule is O=C(O)/C(=C\c1c(F)c(F)c(F)c(F)c1F)NC(=O)c1ccccc1. The molecule has 2 aromatic carbocycles. The Morgan fingerprint density at radius 1 is 0.840 bits per heavy atom. The van der Waals surface area contributed by atoms with Crippen LogP contribution in [0.25, 0.3) is 6.08 Å². The number of nitrogens with one attached hydrogen (secondary N) is 1. The van der Waals surface area contributed by atoms with Gasteiger partial charge in [-0.2, -0.15) is 0 Å². The van der Waals surface area contributed by atoms with Gasteiger partial charge >= 0.3 is 5.97 Å². The second-order valence-electron chi connectivity index (χ2n) is 4.67. The van der Waals surface area contributed by atoms with E-state index >= 15 is 0 Å². The van der Waals surface area contributed by atoms with Gasteiger partial charge in [0.2, 0.25) is 5.82 Å². The van der Waals surface area contributed by atoms with Crippen LogP contribution in [0.15, 0.2) is 36.0 Å². The lowest BCUT2D eigenvalue weighted by molar-refractivity contribution is -0.132. The van der Waals surface area contributed by atoms with E-state index in [1.807, 2.05) is 5.32 Å². The predicted octanol–water partition coefficient (Wildman–Crippen LogP) is 3.24. The number of aliphatic carboxylic acids is 1. The molecule has 0 fully saturated rings. The number of hydrogen-bond acceptors (Lipinski definition) is 2. The topological polar surface area (TPSA) is 66.4 Å². The smallest absolute Gasteiger partial charge is 0.352 e. The first-order valence-electron chi connectivity index (χ1n) is 6.56. The Morgan fingerprint density at radius 2 is 1.32 bits per heavy atom. The van der Waals surface area contributed by atoms with Crippen molar-refractivity contribution in [3.63, 3.8) is 0 Å². The molecule has 2 rings (SSSR count). The van der Waals surface area contributed by atoms with E-state index in [0.717, 1.165) is 0 Å². The number of halogens is 5. The highest BCUT2D eigenvalue weighted by atomic mass is 19.2. The van der Waals surface area contributed by atoms with Gasteiger partial charge in [-0.15, -0.1) is 0 Å². The molecule has 2 aromatic rings. The molecule has 0 saturated carbocycles. The van der Waals surface area contributed by atoms with Crippen LogP contribution in [0.2, 0.25) is 0 Å². The van der Waals surface area contributed by atoms with E-state index in [1.54, 1.807) is 6.07 Å². The van der Waals surface area contributed by atoms with Gasteiger partial charge < -0.3 is 10.4 Å². The minimum Gasteiger partial charge on any atom is -0.477 e. The number of carboxylic acid groups (broad SMARTS) is 1. The first-order valence-corrected chi connectivity index (χ1v) is 6.56. The summed E-state index contributed by atoms with van der Waals surface area (Å²) < 4.78 is 66.5. The maximum atomic E-state index is 13.6. The van der Waals surface area contributed by atoms with Crippen LogP contribution in [0.1, 0.15) is 15.9 Å². The van der Waals surface area contributed by atoms with Gasteiger partial charge in [0.15, 0.2) is 23.3 Å². The first-order chi connectivity index (χ1) is 11.7. The van der Waals surface area contributed by atoms with Gasteiger partial charge in [0.1, 0.15) is 5.70 Å².